The number of hydrogen-bond donors (Lipinski definition) is 1. The summed E-state index contributed by atoms with van der Waals surface area (Å²) in [6, 6.07) is 16.1. The summed E-state index contributed by atoms with van der Waals surface area (Å²) in [5, 5.41) is 29.2. The maximum Gasteiger partial charge on any atom is 0.416 e. The second-order valence-electron chi connectivity index (χ2n) is 4.87. The van der Waals surface area contributed by atoms with Gasteiger partial charge in [0.2, 0.25) is 0 Å². The highest BCUT2D eigenvalue weighted by molar-refractivity contribution is 5.68. The van der Waals surface area contributed by atoms with Crippen molar-refractivity contribution in [1.82, 2.24) is 0 Å². The summed E-state index contributed by atoms with van der Waals surface area (Å²) in [5.41, 5.74) is 0.0817. The maximum absolute atomic E-state index is 12.8. The second kappa shape index (κ2) is 7.21. The van der Waals surface area contributed by atoms with E-state index in [9.17, 15) is 13.2 Å². The quantitative estimate of drug-likeness (QED) is 0.828. The summed E-state index contributed by atoms with van der Waals surface area (Å²) in [7, 11) is 0. The lowest BCUT2D eigenvalue weighted by molar-refractivity contribution is -0.137. The van der Waals surface area contributed by atoms with E-state index in [1.54, 1.807) is 48.5 Å². The number of anilines is 1. The predicted molar refractivity (Wildman–Crippen MR) is 84.4 cm³/mol. The van der Waals surface area contributed by atoms with Crippen LogP contribution in [0, 0.1) is 34.0 Å². The molecule has 7 heteroatoms. The van der Waals surface area contributed by atoms with Gasteiger partial charge in [0, 0.05) is 5.69 Å². The number of nitrogens with one attached hydrogen (secondary N) is 1. The van der Waals surface area contributed by atoms with Gasteiger partial charge in [0.1, 0.15) is 23.9 Å². The fraction of sp³-hybridized carbons (Fsp3) is 0.0556. The van der Waals surface area contributed by atoms with Crippen LogP contribution in [0.15, 0.2) is 59.8 Å². The molecule has 0 bridgehead atoms. The largest absolute Gasteiger partial charge is 0.416 e. The van der Waals surface area contributed by atoms with Gasteiger partial charge in [-0.05, 0) is 35.4 Å². The van der Waals surface area contributed by atoms with Crippen LogP contribution in [0.3, 0.4) is 0 Å². The van der Waals surface area contributed by atoms with E-state index in [1.165, 1.54) is 6.07 Å². The van der Waals surface area contributed by atoms with Gasteiger partial charge in [-0.1, -0.05) is 24.3 Å². The molecular formula is C18H9F3N4. The zero-order valence-electron chi connectivity index (χ0n) is 12.6. The fourth-order valence-corrected chi connectivity index (χ4v) is 2.05. The monoisotopic (exact) mass is 338 g/mol. The molecule has 0 spiro atoms. The molecule has 0 aliphatic carbocycles. The van der Waals surface area contributed by atoms with Gasteiger partial charge < -0.3 is 5.32 Å². The Hall–Kier alpha value is -3.76. The molecule has 4 nitrogen and oxygen atoms in total. The summed E-state index contributed by atoms with van der Waals surface area (Å²) in [6.07, 6.45) is -4.42. The molecule has 2 aromatic carbocycles. The van der Waals surface area contributed by atoms with E-state index < -0.39 is 11.7 Å². The van der Waals surface area contributed by atoms with Crippen LogP contribution in [0.4, 0.5) is 18.9 Å². The lowest BCUT2D eigenvalue weighted by Crippen LogP contribution is -2.04. The zero-order chi connectivity index (χ0) is 18.4. The first kappa shape index (κ1) is 17.6. The Morgan fingerprint density at radius 3 is 2.00 bits per heavy atom. The molecule has 0 heterocycles. The summed E-state index contributed by atoms with van der Waals surface area (Å²) in [5.74, 6) is 0. The first-order valence-corrected chi connectivity index (χ1v) is 6.88. The van der Waals surface area contributed by atoms with Crippen molar-refractivity contribution in [2.75, 3.05) is 5.32 Å². The van der Waals surface area contributed by atoms with Crippen molar-refractivity contribution in [2.24, 2.45) is 0 Å². The van der Waals surface area contributed by atoms with Crippen LogP contribution in [0.25, 0.3) is 11.1 Å². The van der Waals surface area contributed by atoms with E-state index in [0.29, 0.717) is 16.8 Å². The van der Waals surface area contributed by atoms with Gasteiger partial charge in [0.15, 0.2) is 5.57 Å². The van der Waals surface area contributed by atoms with Crippen molar-refractivity contribution in [3.05, 3.63) is 65.4 Å². The number of allylic oxidation sites excluding steroid dienone is 2. The third kappa shape index (κ3) is 4.16. The summed E-state index contributed by atoms with van der Waals surface area (Å²) in [4.78, 5) is 0. The van der Waals surface area contributed by atoms with Crippen LogP contribution in [-0.4, -0.2) is 0 Å². The van der Waals surface area contributed by atoms with Crippen molar-refractivity contribution in [2.45, 2.75) is 6.18 Å². The van der Waals surface area contributed by atoms with Crippen LogP contribution >= 0.6 is 0 Å². The normalized spacial score (nSPS) is 10.1. The van der Waals surface area contributed by atoms with Gasteiger partial charge in [-0.15, -0.1) is 0 Å². The van der Waals surface area contributed by atoms with E-state index in [0.717, 1.165) is 12.1 Å². The fourth-order valence-electron chi connectivity index (χ4n) is 2.05. The van der Waals surface area contributed by atoms with E-state index in [1.807, 2.05) is 0 Å². The Kier molecular flexibility index (Phi) is 5.07. The standard InChI is InChI=1S/C18H9F3N4/c19-18(20,21)15-3-1-2-13(8-15)12-4-6-16(7-5-12)25-17(11-24)14(9-22)10-23/h1-8,25H. The van der Waals surface area contributed by atoms with Crippen LogP contribution in [0.1, 0.15) is 5.56 Å². The number of nitrogens with zero attached hydrogens (tertiary/aromatic N) is 3. The van der Waals surface area contributed by atoms with Gasteiger partial charge in [-0.25, -0.2) is 0 Å². The molecule has 0 aliphatic heterocycles. The molecule has 122 valence electrons. The highest BCUT2D eigenvalue weighted by atomic mass is 19.4. The Bertz CT molecular complexity index is 921. The number of nitriles is 3. The molecule has 0 radical (unpaired) electrons. The minimum atomic E-state index is -4.42. The molecule has 2 aromatic rings. The maximum atomic E-state index is 12.8. The topological polar surface area (TPSA) is 83.4 Å². The van der Waals surface area contributed by atoms with Gasteiger partial charge in [-0.3, -0.25) is 0 Å². The van der Waals surface area contributed by atoms with Gasteiger partial charge in [-0.2, -0.15) is 29.0 Å². The Labute approximate surface area is 141 Å². The number of halogens is 3. The SMILES string of the molecule is N#CC(C#N)=C(C#N)Nc1ccc(-c2cccc(C(F)(F)F)c2)cc1. The van der Waals surface area contributed by atoms with E-state index >= 15 is 0 Å². The first-order valence-electron chi connectivity index (χ1n) is 6.88. The molecule has 0 amide bonds. The Balaban J connectivity index is 2.30. The van der Waals surface area contributed by atoms with Crippen molar-refractivity contribution >= 4 is 5.69 Å². The zero-order valence-corrected chi connectivity index (χ0v) is 12.6. The van der Waals surface area contributed by atoms with E-state index in [4.69, 9.17) is 15.8 Å². The summed E-state index contributed by atoms with van der Waals surface area (Å²) >= 11 is 0. The average Bonchev–Trinajstić information content (AvgIpc) is 2.61. The molecule has 0 atom stereocenters. The lowest BCUT2D eigenvalue weighted by Gasteiger charge is -2.10. The molecule has 0 fully saturated rings. The number of alkyl halides is 3. The minimum Gasteiger partial charge on any atom is -0.345 e. The highest BCUT2D eigenvalue weighted by Crippen LogP contribution is 2.32. The van der Waals surface area contributed by atoms with Crippen LogP contribution in [0.2, 0.25) is 0 Å². The van der Waals surface area contributed by atoms with E-state index in [2.05, 4.69) is 5.32 Å². The molecule has 0 saturated carbocycles. The van der Waals surface area contributed by atoms with Crippen molar-refractivity contribution in [3.63, 3.8) is 0 Å². The third-order valence-electron chi connectivity index (χ3n) is 3.26. The van der Waals surface area contributed by atoms with Crippen molar-refractivity contribution < 1.29 is 13.2 Å². The summed E-state index contributed by atoms with van der Waals surface area (Å²) in [6.45, 7) is 0. The molecule has 1 N–H and O–H groups in total. The molecule has 2 rings (SSSR count). The van der Waals surface area contributed by atoms with Crippen LogP contribution in [0.5, 0.6) is 0 Å². The second-order valence-corrected chi connectivity index (χ2v) is 4.87. The van der Waals surface area contributed by atoms with Crippen molar-refractivity contribution in [3.8, 4) is 29.3 Å². The van der Waals surface area contributed by atoms with Crippen molar-refractivity contribution in [1.29, 1.82) is 15.8 Å². The van der Waals surface area contributed by atoms with Gasteiger partial charge >= 0.3 is 6.18 Å². The lowest BCUT2D eigenvalue weighted by atomic mass is 10.0. The molecule has 0 aromatic heterocycles. The predicted octanol–water partition coefficient (Wildman–Crippen LogP) is 4.61. The highest BCUT2D eigenvalue weighted by Gasteiger charge is 2.30. The molecule has 25 heavy (non-hydrogen) atoms. The minimum absolute atomic E-state index is 0.197. The van der Waals surface area contributed by atoms with E-state index in [-0.39, 0.29) is 11.3 Å². The molecular weight excluding hydrogens is 329 g/mol. The molecule has 0 saturated heterocycles. The van der Waals surface area contributed by atoms with Crippen LogP contribution in [-0.2, 0) is 6.18 Å². The molecule has 0 aliphatic rings. The number of rotatable bonds is 3. The smallest absolute Gasteiger partial charge is 0.345 e. The third-order valence-corrected chi connectivity index (χ3v) is 3.26. The Morgan fingerprint density at radius 1 is 0.840 bits per heavy atom. The van der Waals surface area contributed by atoms with Gasteiger partial charge in [0.05, 0.1) is 5.56 Å². The van der Waals surface area contributed by atoms with Crippen LogP contribution < -0.4 is 5.32 Å². The Morgan fingerprint density at radius 2 is 1.48 bits per heavy atom. The number of benzene rings is 2. The summed E-state index contributed by atoms with van der Waals surface area (Å²) < 4.78 is 38.3. The number of hydrogen-bond acceptors (Lipinski definition) is 4. The average molecular weight is 338 g/mol. The molecule has 0 unspecified atom stereocenters. The van der Waals surface area contributed by atoms with Gasteiger partial charge in [0.25, 0.3) is 0 Å². The first-order chi connectivity index (χ1) is 11.9.